The fraction of sp³-hybridized carbons (Fsp3) is 0.0769. The third kappa shape index (κ3) is 3.97. The van der Waals surface area contributed by atoms with Gasteiger partial charge in [-0.05, 0) is 91.0 Å². The van der Waals surface area contributed by atoms with Crippen LogP contribution in [0.25, 0.3) is 44.5 Å². The van der Waals surface area contributed by atoms with Gasteiger partial charge in [-0.3, -0.25) is 0 Å². The molecule has 0 saturated carbocycles. The van der Waals surface area contributed by atoms with Gasteiger partial charge in [-0.1, -0.05) is 178 Å². The van der Waals surface area contributed by atoms with Gasteiger partial charge in [0.15, 0.2) is 0 Å². The van der Waals surface area contributed by atoms with Crippen LogP contribution in [0.3, 0.4) is 0 Å². The number of nitrogens with zero attached hydrogens (tertiary/aromatic N) is 1. The Labute approximate surface area is 311 Å². The highest BCUT2D eigenvalue weighted by Gasteiger charge is 2.52. The van der Waals surface area contributed by atoms with Gasteiger partial charge in [0.05, 0.1) is 16.8 Å². The third-order valence-electron chi connectivity index (χ3n) is 12.3. The van der Waals surface area contributed by atoms with Crippen LogP contribution in [0, 0.1) is 0 Å². The smallest absolute Gasteiger partial charge is 0.0726 e. The first kappa shape index (κ1) is 30.2. The molecule has 0 saturated heterocycles. The van der Waals surface area contributed by atoms with E-state index in [0.29, 0.717) is 0 Å². The summed E-state index contributed by atoms with van der Waals surface area (Å²) in [6.45, 7) is 4.72. The molecule has 11 rings (SSSR count). The van der Waals surface area contributed by atoms with Crippen molar-refractivity contribution in [3.63, 3.8) is 0 Å². The molecule has 0 bridgehead atoms. The largest absolute Gasteiger partial charge is 0.309 e. The standard InChI is InChI=1S/C52H37N/c1-51(2)42-24-11-6-22-39(42)41-33-35(31-32-43(41)51)53(48-29-15-10-19-36(48)34-17-4-3-5-18-34)49-30-16-28-47-50(49)40-23-9-14-27-46(40)52(47)44-25-12-7-20-37(44)38-21-8-13-26-45(38)52/h3-33H,1-2H3. The molecule has 0 fully saturated rings. The molecule has 3 aliphatic rings. The molecule has 1 spiro atoms. The lowest BCUT2D eigenvalue weighted by Gasteiger charge is -2.32. The Kier molecular flexibility index (Phi) is 6.29. The molecule has 250 valence electrons. The topological polar surface area (TPSA) is 3.24 Å². The van der Waals surface area contributed by atoms with Gasteiger partial charge in [-0.2, -0.15) is 0 Å². The Bertz CT molecular complexity index is 2720. The minimum Gasteiger partial charge on any atom is -0.309 e. The number of fused-ring (bicyclic) bond motifs is 13. The highest BCUT2D eigenvalue weighted by Crippen LogP contribution is 2.65. The lowest BCUT2D eigenvalue weighted by atomic mass is 9.70. The third-order valence-corrected chi connectivity index (χ3v) is 12.3. The van der Waals surface area contributed by atoms with Crippen LogP contribution in [0.4, 0.5) is 17.1 Å². The van der Waals surface area contributed by atoms with Crippen LogP contribution in [0.2, 0.25) is 0 Å². The molecule has 1 nitrogen and oxygen atoms in total. The van der Waals surface area contributed by atoms with E-state index in [2.05, 4.69) is 207 Å². The zero-order valence-corrected chi connectivity index (χ0v) is 29.8. The van der Waals surface area contributed by atoms with Gasteiger partial charge in [-0.15, -0.1) is 0 Å². The SMILES string of the molecule is CC1(C)c2ccccc2-c2cc(N(c3ccccc3-c3ccccc3)c3cccc4c3-c3ccccc3C43c4ccccc4-c4ccccc43)ccc21. The van der Waals surface area contributed by atoms with E-state index in [9.17, 15) is 0 Å². The highest BCUT2D eigenvalue weighted by atomic mass is 15.1. The number of para-hydroxylation sites is 1. The Morgan fingerprint density at radius 1 is 0.340 bits per heavy atom. The van der Waals surface area contributed by atoms with Gasteiger partial charge >= 0.3 is 0 Å². The van der Waals surface area contributed by atoms with Gasteiger partial charge in [0.1, 0.15) is 0 Å². The molecule has 3 aliphatic carbocycles. The minimum absolute atomic E-state index is 0.0696. The van der Waals surface area contributed by atoms with Crippen molar-refractivity contribution in [2.24, 2.45) is 0 Å². The lowest BCUT2D eigenvalue weighted by molar-refractivity contribution is 0.660. The zero-order valence-electron chi connectivity index (χ0n) is 29.8. The quantitative estimate of drug-likeness (QED) is 0.179. The van der Waals surface area contributed by atoms with E-state index in [-0.39, 0.29) is 5.41 Å². The first-order chi connectivity index (χ1) is 26.1. The molecule has 0 aliphatic heterocycles. The predicted octanol–water partition coefficient (Wildman–Crippen LogP) is 13.5. The first-order valence-electron chi connectivity index (χ1n) is 18.7. The highest BCUT2D eigenvalue weighted by molar-refractivity contribution is 6.02. The maximum absolute atomic E-state index is 2.54. The van der Waals surface area contributed by atoms with Crippen LogP contribution in [0.15, 0.2) is 188 Å². The molecule has 1 heteroatoms. The van der Waals surface area contributed by atoms with Crippen LogP contribution in [-0.4, -0.2) is 0 Å². The Balaban J connectivity index is 1.24. The summed E-state index contributed by atoms with van der Waals surface area (Å²) in [5.41, 5.74) is 21.4. The van der Waals surface area contributed by atoms with Crippen molar-refractivity contribution in [3.8, 4) is 44.5 Å². The van der Waals surface area contributed by atoms with Crippen LogP contribution in [0.1, 0.15) is 47.2 Å². The Morgan fingerprint density at radius 2 is 0.811 bits per heavy atom. The van der Waals surface area contributed by atoms with Crippen molar-refractivity contribution in [1.29, 1.82) is 0 Å². The maximum atomic E-state index is 2.54. The fourth-order valence-electron chi connectivity index (χ4n) is 10.1. The predicted molar refractivity (Wildman–Crippen MR) is 220 cm³/mol. The van der Waals surface area contributed by atoms with Gasteiger partial charge in [0.25, 0.3) is 0 Å². The maximum Gasteiger partial charge on any atom is 0.0726 e. The number of hydrogen-bond acceptors (Lipinski definition) is 1. The molecule has 0 unspecified atom stereocenters. The normalized spacial score (nSPS) is 14.5. The van der Waals surface area contributed by atoms with E-state index in [1.807, 2.05) is 0 Å². The van der Waals surface area contributed by atoms with Crippen molar-refractivity contribution in [2.45, 2.75) is 24.7 Å². The summed E-state index contributed by atoms with van der Waals surface area (Å²) in [6.07, 6.45) is 0. The summed E-state index contributed by atoms with van der Waals surface area (Å²) in [5, 5.41) is 0. The van der Waals surface area contributed by atoms with Gasteiger partial charge in [0.2, 0.25) is 0 Å². The molecule has 0 heterocycles. The fourth-order valence-corrected chi connectivity index (χ4v) is 10.1. The molecule has 8 aromatic carbocycles. The molecule has 0 atom stereocenters. The van der Waals surface area contributed by atoms with E-state index < -0.39 is 5.41 Å². The molecule has 0 aromatic heterocycles. The van der Waals surface area contributed by atoms with Crippen LogP contribution in [0.5, 0.6) is 0 Å². The van der Waals surface area contributed by atoms with E-state index in [1.54, 1.807) is 0 Å². The van der Waals surface area contributed by atoms with E-state index in [1.165, 1.54) is 83.6 Å². The van der Waals surface area contributed by atoms with Gasteiger partial charge in [0, 0.05) is 22.2 Å². The van der Waals surface area contributed by atoms with Gasteiger partial charge in [-0.25, -0.2) is 0 Å². The van der Waals surface area contributed by atoms with E-state index in [0.717, 1.165) is 11.4 Å². The molecule has 53 heavy (non-hydrogen) atoms. The summed E-state index contributed by atoms with van der Waals surface area (Å²) in [4.78, 5) is 2.54. The number of anilines is 3. The second kappa shape index (κ2) is 11.0. The number of rotatable bonds is 4. The van der Waals surface area contributed by atoms with Gasteiger partial charge < -0.3 is 4.90 Å². The Morgan fingerprint density at radius 3 is 1.49 bits per heavy atom. The van der Waals surface area contributed by atoms with Crippen LogP contribution in [-0.2, 0) is 10.8 Å². The van der Waals surface area contributed by atoms with E-state index in [4.69, 9.17) is 0 Å². The molecule has 0 N–H and O–H groups in total. The summed E-state index contributed by atoms with van der Waals surface area (Å²) in [6, 6.07) is 70.1. The first-order valence-corrected chi connectivity index (χ1v) is 18.7. The summed E-state index contributed by atoms with van der Waals surface area (Å²) in [7, 11) is 0. The summed E-state index contributed by atoms with van der Waals surface area (Å²) < 4.78 is 0. The molecular formula is C52H37N. The monoisotopic (exact) mass is 675 g/mol. The number of hydrogen-bond donors (Lipinski definition) is 0. The van der Waals surface area contributed by atoms with Crippen molar-refractivity contribution in [2.75, 3.05) is 4.90 Å². The average molecular weight is 676 g/mol. The molecular weight excluding hydrogens is 639 g/mol. The van der Waals surface area contributed by atoms with Crippen molar-refractivity contribution in [3.05, 3.63) is 221 Å². The summed E-state index contributed by atoms with van der Waals surface area (Å²) >= 11 is 0. The second-order valence-electron chi connectivity index (χ2n) is 15.2. The van der Waals surface area contributed by atoms with Crippen molar-refractivity contribution >= 4 is 17.1 Å². The van der Waals surface area contributed by atoms with E-state index >= 15 is 0 Å². The average Bonchev–Trinajstić information content (AvgIpc) is 3.78. The second-order valence-corrected chi connectivity index (χ2v) is 15.2. The van der Waals surface area contributed by atoms with Crippen LogP contribution >= 0.6 is 0 Å². The lowest BCUT2D eigenvalue weighted by Crippen LogP contribution is -2.26. The Hall–Kier alpha value is -6.44. The van der Waals surface area contributed by atoms with Crippen LogP contribution < -0.4 is 4.90 Å². The molecule has 0 radical (unpaired) electrons. The van der Waals surface area contributed by atoms with Crippen molar-refractivity contribution < 1.29 is 0 Å². The minimum atomic E-state index is -0.416. The molecule has 0 amide bonds. The zero-order chi connectivity index (χ0) is 35.3. The molecule has 8 aromatic rings. The number of benzene rings is 8. The van der Waals surface area contributed by atoms with Crippen molar-refractivity contribution in [1.82, 2.24) is 0 Å². The summed E-state index contributed by atoms with van der Waals surface area (Å²) in [5.74, 6) is 0.